The second kappa shape index (κ2) is 7.76. The molecular formula is C17H28N2O2. The third-order valence-electron chi connectivity index (χ3n) is 4.59. The average molecular weight is 292 g/mol. The number of rotatable bonds is 6. The number of nitrogens with zero attached hydrogens (tertiary/aromatic N) is 1. The number of ether oxygens (including phenoxy) is 2. The summed E-state index contributed by atoms with van der Waals surface area (Å²) in [7, 11) is 3.53. The van der Waals surface area contributed by atoms with Gasteiger partial charge in [0.05, 0.1) is 24.9 Å². The minimum Gasteiger partial charge on any atom is -0.495 e. The van der Waals surface area contributed by atoms with Crippen LogP contribution in [0.5, 0.6) is 5.75 Å². The predicted octanol–water partition coefficient (Wildman–Crippen LogP) is 3.48. The second-order valence-electron chi connectivity index (χ2n) is 5.83. The van der Waals surface area contributed by atoms with Gasteiger partial charge in [-0.25, -0.2) is 0 Å². The molecule has 118 valence electrons. The van der Waals surface area contributed by atoms with Crippen molar-refractivity contribution in [2.75, 3.05) is 20.8 Å². The molecule has 1 fully saturated rings. The van der Waals surface area contributed by atoms with Crippen molar-refractivity contribution >= 4 is 0 Å². The van der Waals surface area contributed by atoms with Crippen LogP contribution in [0.15, 0.2) is 18.5 Å². The number of nitrogens with one attached hydrogen (secondary N) is 1. The van der Waals surface area contributed by atoms with Crippen molar-refractivity contribution in [1.29, 1.82) is 0 Å². The molecule has 0 aromatic carbocycles. The van der Waals surface area contributed by atoms with E-state index in [1.165, 1.54) is 25.7 Å². The summed E-state index contributed by atoms with van der Waals surface area (Å²) in [5.41, 5.74) is 1.01. The number of hydrogen-bond acceptors (Lipinski definition) is 4. The van der Waals surface area contributed by atoms with Gasteiger partial charge in [-0.15, -0.1) is 0 Å². The Balaban J connectivity index is 2.34. The van der Waals surface area contributed by atoms with E-state index in [0.717, 1.165) is 30.7 Å². The van der Waals surface area contributed by atoms with Crippen molar-refractivity contribution in [1.82, 2.24) is 10.3 Å². The molecule has 1 atom stereocenters. The number of hydrogen-bond donors (Lipinski definition) is 1. The fourth-order valence-electron chi connectivity index (χ4n) is 3.45. The fraction of sp³-hybridized carbons (Fsp3) is 0.706. The van der Waals surface area contributed by atoms with Crippen LogP contribution in [-0.4, -0.2) is 31.3 Å². The number of pyridine rings is 1. The third kappa shape index (κ3) is 3.74. The quantitative estimate of drug-likeness (QED) is 0.815. The zero-order valence-electron chi connectivity index (χ0n) is 13.5. The molecule has 1 saturated carbocycles. The van der Waals surface area contributed by atoms with Crippen LogP contribution in [0.4, 0.5) is 0 Å². The van der Waals surface area contributed by atoms with Gasteiger partial charge >= 0.3 is 0 Å². The van der Waals surface area contributed by atoms with Crippen molar-refractivity contribution in [3.63, 3.8) is 0 Å². The van der Waals surface area contributed by atoms with E-state index in [1.54, 1.807) is 13.3 Å². The van der Waals surface area contributed by atoms with Crippen LogP contribution in [0.25, 0.3) is 0 Å². The summed E-state index contributed by atoms with van der Waals surface area (Å²) in [4.78, 5) is 4.32. The van der Waals surface area contributed by atoms with Crippen LogP contribution in [0.3, 0.4) is 0 Å². The highest BCUT2D eigenvalue weighted by Crippen LogP contribution is 2.40. The Morgan fingerprint density at radius 2 is 1.90 bits per heavy atom. The highest BCUT2D eigenvalue weighted by Gasteiger charge is 2.40. The average Bonchev–Trinajstić information content (AvgIpc) is 2.79. The summed E-state index contributed by atoms with van der Waals surface area (Å²) in [5, 5.41) is 3.62. The van der Waals surface area contributed by atoms with Gasteiger partial charge in [0, 0.05) is 13.3 Å². The Labute approximate surface area is 128 Å². The lowest BCUT2D eigenvalue weighted by molar-refractivity contribution is -0.0538. The molecule has 2 rings (SSSR count). The fourth-order valence-corrected chi connectivity index (χ4v) is 3.45. The molecule has 1 N–H and O–H groups in total. The SMILES string of the molecule is CCNC(c1cncc(OC)c1)C1(OC)CCCCCC1. The summed E-state index contributed by atoms with van der Waals surface area (Å²) in [6.45, 7) is 3.05. The first-order chi connectivity index (χ1) is 10.3. The Bertz CT molecular complexity index is 429. The monoisotopic (exact) mass is 292 g/mol. The second-order valence-corrected chi connectivity index (χ2v) is 5.83. The zero-order chi connectivity index (χ0) is 15.1. The summed E-state index contributed by atoms with van der Waals surface area (Å²) in [5.74, 6) is 0.801. The third-order valence-corrected chi connectivity index (χ3v) is 4.59. The normalized spacial score (nSPS) is 19.8. The molecule has 0 amide bonds. The lowest BCUT2D eigenvalue weighted by Crippen LogP contribution is -2.45. The van der Waals surface area contributed by atoms with E-state index < -0.39 is 0 Å². The van der Waals surface area contributed by atoms with Gasteiger partial charge in [-0.3, -0.25) is 4.98 Å². The lowest BCUT2D eigenvalue weighted by Gasteiger charge is -2.40. The van der Waals surface area contributed by atoms with Crippen molar-refractivity contribution in [3.8, 4) is 5.75 Å². The zero-order valence-corrected chi connectivity index (χ0v) is 13.5. The molecule has 1 heterocycles. The Morgan fingerprint density at radius 3 is 2.48 bits per heavy atom. The van der Waals surface area contributed by atoms with Crippen LogP contribution in [-0.2, 0) is 4.74 Å². The van der Waals surface area contributed by atoms with Crippen molar-refractivity contribution in [3.05, 3.63) is 24.0 Å². The van der Waals surface area contributed by atoms with Crippen molar-refractivity contribution in [2.24, 2.45) is 0 Å². The van der Waals surface area contributed by atoms with Gasteiger partial charge in [0.2, 0.25) is 0 Å². The van der Waals surface area contributed by atoms with Crippen LogP contribution in [0.1, 0.15) is 57.1 Å². The molecule has 0 spiro atoms. The molecule has 21 heavy (non-hydrogen) atoms. The maximum atomic E-state index is 6.07. The molecule has 4 nitrogen and oxygen atoms in total. The Hall–Kier alpha value is -1.13. The van der Waals surface area contributed by atoms with Crippen molar-refractivity contribution < 1.29 is 9.47 Å². The maximum Gasteiger partial charge on any atom is 0.137 e. The van der Waals surface area contributed by atoms with Crippen molar-refractivity contribution in [2.45, 2.75) is 57.1 Å². The van der Waals surface area contributed by atoms with E-state index in [2.05, 4.69) is 23.3 Å². The topological polar surface area (TPSA) is 43.4 Å². The van der Waals surface area contributed by atoms with E-state index in [1.807, 2.05) is 13.3 Å². The first-order valence-corrected chi connectivity index (χ1v) is 8.03. The van der Waals surface area contributed by atoms with Crippen LogP contribution >= 0.6 is 0 Å². The summed E-state index contributed by atoms with van der Waals surface area (Å²) in [6, 6.07) is 2.24. The van der Waals surface area contributed by atoms with Crippen LogP contribution < -0.4 is 10.1 Å². The molecule has 1 aliphatic rings. The molecule has 4 heteroatoms. The minimum atomic E-state index is -0.138. The van der Waals surface area contributed by atoms with E-state index in [9.17, 15) is 0 Å². The number of likely N-dealkylation sites (N-methyl/N-ethyl adjacent to an activating group) is 1. The molecule has 1 aliphatic carbocycles. The molecular weight excluding hydrogens is 264 g/mol. The highest BCUT2D eigenvalue weighted by molar-refractivity contribution is 5.28. The van der Waals surface area contributed by atoms with Gasteiger partial charge in [-0.05, 0) is 31.0 Å². The van der Waals surface area contributed by atoms with Gasteiger partial charge in [-0.1, -0.05) is 32.6 Å². The molecule has 1 aromatic rings. The number of methoxy groups -OCH3 is 2. The summed E-state index contributed by atoms with van der Waals surface area (Å²) >= 11 is 0. The maximum absolute atomic E-state index is 6.07. The van der Waals surface area contributed by atoms with Gasteiger partial charge in [-0.2, -0.15) is 0 Å². The van der Waals surface area contributed by atoms with E-state index >= 15 is 0 Å². The lowest BCUT2D eigenvalue weighted by atomic mass is 9.82. The van der Waals surface area contributed by atoms with Gasteiger partial charge in [0.15, 0.2) is 0 Å². The first-order valence-electron chi connectivity index (χ1n) is 8.03. The van der Waals surface area contributed by atoms with Crippen LogP contribution in [0.2, 0.25) is 0 Å². The Kier molecular flexibility index (Phi) is 6.00. The smallest absolute Gasteiger partial charge is 0.137 e. The van der Waals surface area contributed by atoms with Crippen LogP contribution in [0, 0.1) is 0 Å². The Morgan fingerprint density at radius 1 is 1.19 bits per heavy atom. The molecule has 1 unspecified atom stereocenters. The van der Waals surface area contributed by atoms with E-state index in [4.69, 9.17) is 9.47 Å². The molecule has 0 bridgehead atoms. The highest BCUT2D eigenvalue weighted by atomic mass is 16.5. The molecule has 1 aromatic heterocycles. The van der Waals surface area contributed by atoms with Gasteiger partial charge in [0.1, 0.15) is 5.75 Å². The van der Waals surface area contributed by atoms with E-state index in [0.29, 0.717) is 0 Å². The van der Waals surface area contributed by atoms with E-state index in [-0.39, 0.29) is 11.6 Å². The van der Waals surface area contributed by atoms with Gasteiger partial charge < -0.3 is 14.8 Å². The molecule has 0 aliphatic heterocycles. The standard InChI is InChI=1S/C17H28N2O2/c1-4-19-16(14-11-15(20-2)13-18-12-14)17(21-3)9-7-5-6-8-10-17/h11-13,16,19H,4-10H2,1-3H3. The first kappa shape index (κ1) is 16.2. The molecule has 0 radical (unpaired) electrons. The summed E-state index contributed by atoms with van der Waals surface area (Å²) < 4.78 is 11.4. The molecule has 0 saturated heterocycles. The predicted molar refractivity (Wildman–Crippen MR) is 84.6 cm³/mol. The summed E-state index contributed by atoms with van der Waals surface area (Å²) in [6.07, 6.45) is 10.9. The van der Waals surface area contributed by atoms with Gasteiger partial charge in [0.25, 0.3) is 0 Å². The largest absolute Gasteiger partial charge is 0.495 e. The minimum absolute atomic E-state index is 0.138. The number of aromatic nitrogens is 1.